The molecular formula is C46H30N2. The van der Waals surface area contributed by atoms with Crippen molar-refractivity contribution in [2.24, 2.45) is 0 Å². The second-order valence-corrected chi connectivity index (χ2v) is 12.6. The van der Waals surface area contributed by atoms with E-state index in [1.165, 1.54) is 82.3 Å². The van der Waals surface area contributed by atoms with Crippen molar-refractivity contribution in [1.82, 2.24) is 9.13 Å². The van der Waals surface area contributed by atoms with E-state index in [4.69, 9.17) is 0 Å². The fourth-order valence-corrected chi connectivity index (χ4v) is 7.70. The molecule has 0 amide bonds. The van der Waals surface area contributed by atoms with Crippen molar-refractivity contribution in [3.8, 4) is 33.6 Å². The van der Waals surface area contributed by atoms with Crippen LogP contribution in [0.3, 0.4) is 0 Å². The van der Waals surface area contributed by atoms with Crippen molar-refractivity contribution in [3.05, 3.63) is 182 Å². The van der Waals surface area contributed by atoms with Crippen LogP contribution in [0.25, 0.3) is 88.0 Å². The third-order valence-electron chi connectivity index (χ3n) is 9.87. The molecular weight excluding hydrogens is 581 g/mol. The van der Waals surface area contributed by atoms with Crippen LogP contribution in [-0.2, 0) is 0 Å². The van der Waals surface area contributed by atoms with Crippen LogP contribution in [0.2, 0.25) is 0 Å². The quantitative estimate of drug-likeness (QED) is 0.188. The van der Waals surface area contributed by atoms with Gasteiger partial charge >= 0.3 is 0 Å². The van der Waals surface area contributed by atoms with E-state index in [0.29, 0.717) is 0 Å². The molecule has 2 nitrogen and oxygen atoms in total. The maximum absolute atomic E-state index is 2.47. The second-order valence-electron chi connectivity index (χ2n) is 12.6. The van der Waals surface area contributed by atoms with Crippen molar-refractivity contribution < 1.29 is 0 Å². The Kier molecular flexibility index (Phi) is 5.91. The first-order chi connectivity index (χ1) is 23.8. The highest BCUT2D eigenvalue weighted by molar-refractivity contribution is 6.26. The highest BCUT2D eigenvalue weighted by Crippen LogP contribution is 2.42. The topological polar surface area (TPSA) is 9.86 Å². The predicted octanol–water partition coefficient (Wildman–Crippen LogP) is 12.4. The van der Waals surface area contributed by atoms with Gasteiger partial charge in [-0.25, -0.2) is 0 Å². The van der Waals surface area contributed by atoms with Gasteiger partial charge in [0.1, 0.15) is 0 Å². The zero-order chi connectivity index (χ0) is 31.6. The van der Waals surface area contributed by atoms with E-state index in [-0.39, 0.29) is 0 Å². The first-order valence-corrected chi connectivity index (χ1v) is 16.5. The highest BCUT2D eigenvalue weighted by atomic mass is 15.0. The molecule has 48 heavy (non-hydrogen) atoms. The SMILES string of the molecule is c1ccc(-c2cccc(-c3cccc(-n4c5ccccc5c5c4ccc4c6ccccc6n(-c6ccc7ccccc7c6)c45)c3)c2)cc1. The van der Waals surface area contributed by atoms with Gasteiger partial charge in [-0.15, -0.1) is 0 Å². The Labute approximate surface area is 278 Å². The molecule has 0 aliphatic carbocycles. The summed E-state index contributed by atoms with van der Waals surface area (Å²) < 4.78 is 4.92. The third kappa shape index (κ3) is 4.06. The van der Waals surface area contributed by atoms with Gasteiger partial charge in [0.05, 0.1) is 22.1 Å². The summed E-state index contributed by atoms with van der Waals surface area (Å²) in [6, 6.07) is 66.2. The molecule has 224 valence electrons. The minimum Gasteiger partial charge on any atom is -0.309 e. The van der Waals surface area contributed by atoms with Crippen LogP contribution in [0, 0.1) is 0 Å². The van der Waals surface area contributed by atoms with Gasteiger partial charge in [-0.05, 0) is 81.6 Å². The Morgan fingerprint density at radius 1 is 0.292 bits per heavy atom. The Bertz CT molecular complexity index is 2830. The summed E-state index contributed by atoms with van der Waals surface area (Å²) in [7, 11) is 0. The van der Waals surface area contributed by atoms with Crippen molar-refractivity contribution in [2.75, 3.05) is 0 Å². The number of para-hydroxylation sites is 2. The molecule has 0 aliphatic rings. The second kappa shape index (κ2) is 10.6. The van der Waals surface area contributed by atoms with E-state index in [2.05, 4.69) is 191 Å². The molecule has 0 N–H and O–H groups in total. The first-order valence-electron chi connectivity index (χ1n) is 16.5. The van der Waals surface area contributed by atoms with Crippen LogP contribution in [-0.4, -0.2) is 9.13 Å². The Morgan fingerprint density at radius 3 is 1.73 bits per heavy atom. The van der Waals surface area contributed by atoms with Gasteiger partial charge in [-0.3, -0.25) is 0 Å². The molecule has 2 aromatic heterocycles. The molecule has 0 atom stereocenters. The highest BCUT2D eigenvalue weighted by Gasteiger charge is 2.21. The van der Waals surface area contributed by atoms with Crippen LogP contribution >= 0.6 is 0 Å². The molecule has 0 saturated carbocycles. The van der Waals surface area contributed by atoms with Crippen LogP contribution in [0.4, 0.5) is 0 Å². The monoisotopic (exact) mass is 610 g/mol. The molecule has 0 saturated heterocycles. The standard InChI is InChI=1S/C46H30N2/c1-2-12-31(13-3-1)33-16-10-17-34(28-33)36-18-11-19-37(30-36)47-43-23-9-7-21-41(43)45-44(47)27-26-40-39-20-6-8-22-42(39)48(46(40)45)38-25-24-32-14-4-5-15-35(32)29-38/h1-30H. The van der Waals surface area contributed by atoms with E-state index in [0.717, 1.165) is 5.69 Å². The molecule has 0 aliphatic heterocycles. The van der Waals surface area contributed by atoms with Gasteiger partial charge in [0.15, 0.2) is 0 Å². The van der Waals surface area contributed by atoms with Gasteiger partial charge in [0.25, 0.3) is 0 Å². The molecule has 10 rings (SSSR count). The lowest BCUT2D eigenvalue weighted by molar-refractivity contribution is 1.18. The smallest absolute Gasteiger partial charge is 0.0641 e. The lowest BCUT2D eigenvalue weighted by Gasteiger charge is -2.12. The molecule has 2 heteroatoms. The normalized spacial score (nSPS) is 11.8. The van der Waals surface area contributed by atoms with E-state index in [9.17, 15) is 0 Å². The van der Waals surface area contributed by atoms with Crippen molar-refractivity contribution >= 4 is 54.4 Å². The van der Waals surface area contributed by atoms with Gasteiger partial charge in [-0.2, -0.15) is 0 Å². The maximum atomic E-state index is 2.47. The first kappa shape index (κ1) is 26.8. The molecule has 8 aromatic carbocycles. The Balaban J connectivity index is 1.25. The number of hydrogen-bond donors (Lipinski definition) is 0. The molecule has 10 aromatic rings. The molecule has 2 heterocycles. The van der Waals surface area contributed by atoms with Crippen molar-refractivity contribution in [2.45, 2.75) is 0 Å². The number of rotatable bonds is 4. The zero-order valence-electron chi connectivity index (χ0n) is 26.2. The number of aromatic nitrogens is 2. The van der Waals surface area contributed by atoms with Crippen LogP contribution in [0.15, 0.2) is 182 Å². The molecule has 0 spiro atoms. The van der Waals surface area contributed by atoms with E-state index < -0.39 is 0 Å². The third-order valence-corrected chi connectivity index (χ3v) is 9.87. The lowest BCUT2D eigenvalue weighted by atomic mass is 9.99. The summed E-state index contributed by atoms with van der Waals surface area (Å²) in [6.07, 6.45) is 0. The number of hydrogen-bond acceptors (Lipinski definition) is 0. The maximum Gasteiger partial charge on any atom is 0.0641 e. The van der Waals surface area contributed by atoms with Crippen molar-refractivity contribution in [1.29, 1.82) is 0 Å². The zero-order valence-corrected chi connectivity index (χ0v) is 26.2. The van der Waals surface area contributed by atoms with Gasteiger partial charge in [-0.1, -0.05) is 133 Å². The molecule has 0 fully saturated rings. The summed E-state index contributed by atoms with van der Waals surface area (Å²) in [5.74, 6) is 0. The number of fused-ring (bicyclic) bond motifs is 8. The summed E-state index contributed by atoms with van der Waals surface area (Å²) in [5.41, 5.74) is 12.0. The van der Waals surface area contributed by atoms with E-state index in [1.807, 2.05) is 0 Å². The van der Waals surface area contributed by atoms with Crippen LogP contribution < -0.4 is 0 Å². The minimum atomic E-state index is 1.15. The number of nitrogens with zero attached hydrogens (tertiary/aromatic N) is 2. The fourth-order valence-electron chi connectivity index (χ4n) is 7.70. The van der Waals surface area contributed by atoms with Gasteiger partial charge in [0.2, 0.25) is 0 Å². The molecule has 0 bridgehead atoms. The fraction of sp³-hybridized carbons (Fsp3) is 0. The predicted molar refractivity (Wildman–Crippen MR) is 203 cm³/mol. The van der Waals surface area contributed by atoms with Crippen LogP contribution in [0.1, 0.15) is 0 Å². The van der Waals surface area contributed by atoms with Gasteiger partial charge in [0, 0.05) is 32.9 Å². The largest absolute Gasteiger partial charge is 0.309 e. The average molecular weight is 611 g/mol. The van der Waals surface area contributed by atoms with E-state index in [1.54, 1.807) is 0 Å². The molecule has 0 unspecified atom stereocenters. The minimum absolute atomic E-state index is 1.15. The molecule has 0 radical (unpaired) electrons. The number of benzene rings is 8. The van der Waals surface area contributed by atoms with Crippen molar-refractivity contribution in [3.63, 3.8) is 0 Å². The lowest BCUT2D eigenvalue weighted by Crippen LogP contribution is -1.96. The van der Waals surface area contributed by atoms with Gasteiger partial charge < -0.3 is 9.13 Å². The summed E-state index contributed by atoms with van der Waals surface area (Å²) in [5, 5.41) is 7.53. The van der Waals surface area contributed by atoms with Crippen LogP contribution in [0.5, 0.6) is 0 Å². The Morgan fingerprint density at radius 2 is 0.896 bits per heavy atom. The summed E-state index contributed by atoms with van der Waals surface area (Å²) in [4.78, 5) is 0. The summed E-state index contributed by atoms with van der Waals surface area (Å²) in [6.45, 7) is 0. The average Bonchev–Trinajstić information content (AvgIpc) is 3.68. The summed E-state index contributed by atoms with van der Waals surface area (Å²) >= 11 is 0. The van der Waals surface area contributed by atoms with E-state index >= 15 is 0 Å². The Hall–Kier alpha value is -6.38.